The highest BCUT2D eigenvalue weighted by molar-refractivity contribution is 5.88. The van der Waals surface area contributed by atoms with Crippen molar-refractivity contribution < 1.29 is 4.74 Å². The van der Waals surface area contributed by atoms with E-state index in [0.717, 1.165) is 35.6 Å². The molecule has 6 nitrogen and oxygen atoms in total. The molecule has 0 saturated heterocycles. The average Bonchev–Trinajstić information content (AvgIpc) is 3.02. The van der Waals surface area contributed by atoms with Gasteiger partial charge in [0.25, 0.3) is 0 Å². The molecule has 0 saturated carbocycles. The first-order valence-corrected chi connectivity index (χ1v) is 10.7. The van der Waals surface area contributed by atoms with Gasteiger partial charge in [0.1, 0.15) is 17.8 Å². The first kappa shape index (κ1) is 21.6. The van der Waals surface area contributed by atoms with Gasteiger partial charge in [-0.2, -0.15) is 0 Å². The summed E-state index contributed by atoms with van der Waals surface area (Å²) in [6, 6.07) is 13.6. The third-order valence-electron chi connectivity index (χ3n) is 5.15. The van der Waals surface area contributed by atoms with Gasteiger partial charge in [0.05, 0.1) is 5.52 Å². The minimum atomic E-state index is -0.127. The maximum absolute atomic E-state index is 13.3. The van der Waals surface area contributed by atoms with Gasteiger partial charge in [-0.15, -0.1) is 0 Å². The van der Waals surface area contributed by atoms with Crippen molar-refractivity contribution in [3.63, 3.8) is 0 Å². The quantitative estimate of drug-likeness (QED) is 0.603. The number of nitrogens with zero attached hydrogens (tertiary/aromatic N) is 3. The Bertz CT molecular complexity index is 1250. The molecule has 0 fully saturated rings. The molecule has 0 amide bonds. The van der Waals surface area contributed by atoms with Crippen LogP contribution in [0.3, 0.4) is 0 Å². The van der Waals surface area contributed by atoms with Crippen LogP contribution in [-0.2, 0) is 0 Å². The standard InChI is InChI=1S/C26H28N4O2/c1-19-17-22-25(26(27-19)32-16-15-29(2)3)23(31)18-24(28-20-11-7-4-5-8-12-20)30(22)21-13-9-6-10-14-21/h4-7,9-14,17-18,28H,8,15-16H2,1-3H3. The molecule has 6 heteroatoms. The zero-order valence-electron chi connectivity index (χ0n) is 18.7. The van der Waals surface area contributed by atoms with Gasteiger partial charge in [-0.3, -0.25) is 9.36 Å². The summed E-state index contributed by atoms with van der Waals surface area (Å²) in [4.78, 5) is 19.9. The minimum absolute atomic E-state index is 0.127. The second-order valence-electron chi connectivity index (χ2n) is 7.99. The fraction of sp³-hybridized carbons (Fsp3) is 0.231. The van der Waals surface area contributed by atoms with E-state index in [1.807, 2.05) is 80.5 Å². The first-order chi connectivity index (χ1) is 15.5. The van der Waals surface area contributed by atoms with Crippen LogP contribution < -0.4 is 15.5 Å². The Hall–Kier alpha value is -3.64. The molecule has 0 unspecified atom stereocenters. The zero-order valence-corrected chi connectivity index (χ0v) is 18.7. The number of fused-ring (bicyclic) bond motifs is 1. The lowest BCUT2D eigenvalue weighted by molar-refractivity contribution is 0.256. The predicted molar refractivity (Wildman–Crippen MR) is 131 cm³/mol. The van der Waals surface area contributed by atoms with Crippen molar-refractivity contribution in [3.8, 4) is 11.6 Å². The largest absolute Gasteiger partial charge is 0.476 e. The molecule has 2 heterocycles. The number of para-hydroxylation sites is 1. The highest BCUT2D eigenvalue weighted by atomic mass is 16.5. The van der Waals surface area contributed by atoms with Gasteiger partial charge in [-0.05, 0) is 51.7 Å². The van der Waals surface area contributed by atoms with Crippen molar-refractivity contribution in [1.29, 1.82) is 0 Å². The molecule has 0 aliphatic heterocycles. The number of likely N-dealkylation sites (N-methyl/N-ethyl adjacent to an activating group) is 1. The molecule has 2 aromatic heterocycles. The molecule has 0 atom stereocenters. The van der Waals surface area contributed by atoms with Crippen LogP contribution in [0.5, 0.6) is 5.88 Å². The average molecular weight is 429 g/mol. The van der Waals surface area contributed by atoms with Crippen molar-refractivity contribution in [2.24, 2.45) is 0 Å². The molecule has 1 N–H and O–H groups in total. The normalized spacial score (nSPS) is 13.3. The summed E-state index contributed by atoms with van der Waals surface area (Å²) in [5, 5.41) is 3.93. The van der Waals surface area contributed by atoms with Crippen LogP contribution in [-0.4, -0.2) is 41.7 Å². The van der Waals surface area contributed by atoms with E-state index in [9.17, 15) is 4.79 Å². The van der Waals surface area contributed by atoms with Crippen LogP contribution >= 0.6 is 0 Å². The number of aryl methyl sites for hydroxylation is 1. The van der Waals surface area contributed by atoms with E-state index in [2.05, 4.69) is 27.0 Å². The first-order valence-electron chi connectivity index (χ1n) is 10.7. The summed E-state index contributed by atoms with van der Waals surface area (Å²) in [6.45, 7) is 3.10. The number of aromatic nitrogens is 2. The molecular weight excluding hydrogens is 400 g/mol. The number of anilines is 1. The molecule has 0 spiro atoms. The summed E-state index contributed by atoms with van der Waals surface area (Å²) < 4.78 is 8.02. The second kappa shape index (κ2) is 9.66. The van der Waals surface area contributed by atoms with Crippen molar-refractivity contribution in [3.05, 3.63) is 94.5 Å². The highest BCUT2D eigenvalue weighted by Crippen LogP contribution is 2.28. The van der Waals surface area contributed by atoms with Crippen LogP contribution in [0, 0.1) is 6.92 Å². The maximum Gasteiger partial charge on any atom is 0.227 e. The summed E-state index contributed by atoms with van der Waals surface area (Å²) in [7, 11) is 3.97. The van der Waals surface area contributed by atoms with E-state index in [0.29, 0.717) is 23.7 Å². The van der Waals surface area contributed by atoms with Gasteiger partial charge < -0.3 is 15.0 Å². The lowest BCUT2D eigenvalue weighted by Crippen LogP contribution is -2.21. The Morgan fingerprint density at radius 3 is 2.75 bits per heavy atom. The molecule has 164 valence electrons. The Balaban J connectivity index is 1.90. The Morgan fingerprint density at radius 1 is 1.16 bits per heavy atom. The molecule has 32 heavy (non-hydrogen) atoms. The number of hydrogen-bond donors (Lipinski definition) is 1. The van der Waals surface area contributed by atoms with Crippen molar-refractivity contribution in [2.75, 3.05) is 32.6 Å². The van der Waals surface area contributed by atoms with Gasteiger partial charge in [0.15, 0.2) is 5.43 Å². The summed E-state index contributed by atoms with van der Waals surface area (Å²) in [5.74, 6) is 1.07. The van der Waals surface area contributed by atoms with Gasteiger partial charge in [-0.1, -0.05) is 42.5 Å². The Labute approximate surface area is 188 Å². The van der Waals surface area contributed by atoms with Gasteiger partial charge in [-0.25, -0.2) is 4.98 Å². The van der Waals surface area contributed by atoms with Gasteiger partial charge >= 0.3 is 0 Å². The SMILES string of the molecule is Cc1cc2c(c(OCCN(C)C)n1)c(=O)cc(NC1=CCC=CC=C1)n2-c1ccccc1. The molecule has 3 aromatic rings. The highest BCUT2D eigenvalue weighted by Gasteiger charge is 2.17. The van der Waals surface area contributed by atoms with E-state index in [-0.39, 0.29) is 5.43 Å². The van der Waals surface area contributed by atoms with Crippen molar-refractivity contribution in [1.82, 2.24) is 14.5 Å². The van der Waals surface area contributed by atoms with Crippen LogP contribution in [0.15, 0.2) is 83.3 Å². The lowest BCUT2D eigenvalue weighted by Gasteiger charge is -2.20. The summed E-state index contributed by atoms with van der Waals surface area (Å²) in [5.41, 5.74) is 3.30. The number of nitrogens with one attached hydrogen (secondary N) is 1. The number of rotatable bonds is 7. The minimum Gasteiger partial charge on any atom is -0.476 e. The van der Waals surface area contributed by atoms with Crippen LogP contribution in [0.4, 0.5) is 5.82 Å². The third kappa shape index (κ3) is 4.81. The van der Waals surface area contributed by atoms with E-state index in [1.54, 1.807) is 6.07 Å². The van der Waals surface area contributed by atoms with Crippen molar-refractivity contribution >= 4 is 16.7 Å². The third-order valence-corrected chi connectivity index (χ3v) is 5.15. The smallest absolute Gasteiger partial charge is 0.227 e. The topological polar surface area (TPSA) is 59.4 Å². The number of ether oxygens (including phenoxy) is 1. The molecular formula is C26H28N4O2. The maximum atomic E-state index is 13.3. The fourth-order valence-electron chi connectivity index (χ4n) is 3.62. The second-order valence-corrected chi connectivity index (χ2v) is 7.99. The monoisotopic (exact) mass is 428 g/mol. The van der Waals surface area contributed by atoms with Crippen molar-refractivity contribution in [2.45, 2.75) is 13.3 Å². The number of allylic oxidation sites excluding steroid dienone is 5. The van der Waals surface area contributed by atoms with E-state index in [4.69, 9.17) is 4.74 Å². The van der Waals surface area contributed by atoms with Crippen LogP contribution in [0.2, 0.25) is 0 Å². The van der Waals surface area contributed by atoms with E-state index < -0.39 is 0 Å². The number of pyridine rings is 2. The number of hydrogen-bond acceptors (Lipinski definition) is 5. The molecule has 0 bridgehead atoms. The number of benzene rings is 1. The van der Waals surface area contributed by atoms with Gasteiger partial charge in [0, 0.05) is 29.7 Å². The van der Waals surface area contributed by atoms with Gasteiger partial charge in [0.2, 0.25) is 5.88 Å². The van der Waals surface area contributed by atoms with E-state index >= 15 is 0 Å². The fourth-order valence-corrected chi connectivity index (χ4v) is 3.62. The lowest BCUT2D eigenvalue weighted by atomic mass is 10.2. The molecule has 4 rings (SSSR count). The molecule has 1 aromatic carbocycles. The summed E-state index contributed by atoms with van der Waals surface area (Å²) >= 11 is 0. The Morgan fingerprint density at radius 2 is 1.97 bits per heavy atom. The van der Waals surface area contributed by atoms with Crippen LogP contribution in [0.25, 0.3) is 16.6 Å². The van der Waals surface area contributed by atoms with Crippen LogP contribution in [0.1, 0.15) is 12.1 Å². The molecule has 1 aliphatic carbocycles. The Kier molecular flexibility index (Phi) is 6.52. The summed E-state index contributed by atoms with van der Waals surface area (Å²) in [6.07, 6.45) is 11.0. The molecule has 0 radical (unpaired) electrons. The zero-order chi connectivity index (χ0) is 22.5. The predicted octanol–water partition coefficient (Wildman–Crippen LogP) is 4.45. The molecule has 1 aliphatic rings. The van der Waals surface area contributed by atoms with E-state index in [1.165, 1.54) is 0 Å².